The minimum Gasteiger partial charge on any atom is -0.493 e. The second-order valence-corrected chi connectivity index (χ2v) is 7.29. The smallest absolute Gasteiger partial charge is 0.226 e. The van der Waals surface area contributed by atoms with Crippen LogP contribution in [0.1, 0.15) is 37.4 Å². The third kappa shape index (κ3) is 3.49. The Morgan fingerprint density at radius 2 is 2.03 bits per heavy atom. The van der Waals surface area contributed by atoms with Gasteiger partial charge in [-0.25, -0.2) is 13.8 Å². The number of para-hydroxylation sites is 1. The van der Waals surface area contributed by atoms with Crippen molar-refractivity contribution < 1.29 is 23.0 Å². The lowest BCUT2D eigenvalue weighted by Gasteiger charge is -2.26. The van der Waals surface area contributed by atoms with Gasteiger partial charge in [0, 0.05) is 24.0 Å². The molecule has 0 radical (unpaired) electrons. The van der Waals surface area contributed by atoms with Crippen LogP contribution < -0.4 is 14.8 Å². The van der Waals surface area contributed by atoms with E-state index in [2.05, 4.69) is 10.3 Å². The van der Waals surface area contributed by atoms with Gasteiger partial charge in [-0.2, -0.15) is 0 Å². The Balaban J connectivity index is 1.86. The first-order valence-electron chi connectivity index (χ1n) is 9.55. The molecule has 2 aromatic carbocycles. The first-order chi connectivity index (χ1) is 14.4. The molecule has 0 spiro atoms. The first kappa shape index (κ1) is 19.9. The summed E-state index contributed by atoms with van der Waals surface area (Å²) in [6.45, 7) is 3.80. The summed E-state index contributed by atoms with van der Waals surface area (Å²) in [7, 11) is 1.55. The summed E-state index contributed by atoms with van der Waals surface area (Å²) in [5.74, 6) is -0.526. The minimum absolute atomic E-state index is 0.0333. The van der Waals surface area contributed by atoms with Gasteiger partial charge in [-0.1, -0.05) is 12.1 Å². The van der Waals surface area contributed by atoms with Crippen LogP contribution >= 0.6 is 0 Å². The van der Waals surface area contributed by atoms with Gasteiger partial charge in [-0.3, -0.25) is 9.36 Å². The van der Waals surface area contributed by atoms with Crippen LogP contribution in [0.4, 0.5) is 14.6 Å². The molecule has 3 aromatic rings. The minimum atomic E-state index is -0.627. The van der Waals surface area contributed by atoms with Gasteiger partial charge in [-0.05, 0) is 32.0 Å². The Morgan fingerprint density at radius 1 is 1.23 bits per heavy atom. The third-order valence-corrected chi connectivity index (χ3v) is 4.90. The van der Waals surface area contributed by atoms with Gasteiger partial charge in [0.1, 0.15) is 23.8 Å². The maximum atomic E-state index is 14.4. The molecule has 0 fully saturated rings. The Bertz CT molecular complexity index is 1110. The molecule has 30 heavy (non-hydrogen) atoms. The zero-order valence-corrected chi connectivity index (χ0v) is 16.8. The number of benzene rings is 2. The molecule has 0 bridgehead atoms. The molecule has 1 amide bonds. The van der Waals surface area contributed by atoms with Crippen LogP contribution in [-0.2, 0) is 4.79 Å². The summed E-state index contributed by atoms with van der Waals surface area (Å²) in [5.41, 5.74) is 1.25. The SMILES string of the molecule is COc1cccc([C@@H]2CC(=O)Nc3c2ncn3-c2cc(F)ccc2F)c1OC(C)C. The quantitative estimate of drug-likeness (QED) is 0.673. The maximum Gasteiger partial charge on any atom is 0.226 e. The number of rotatable bonds is 5. The van der Waals surface area contributed by atoms with Gasteiger partial charge in [0.05, 0.1) is 24.6 Å². The van der Waals surface area contributed by atoms with Crippen LogP contribution in [0, 0.1) is 11.6 Å². The number of anilines is 1. The number of carbonyl (C=O) groups is 1. The van der Waals surface area contributed by atoms with Crippen molar-refractivity contribution in [3.05, 3.63) is 65.6 Å². The van der Waals surface area contributed by atoms with Crippen molar-refractivity contribution >= 4 is 11.7 Å². The largest absolute Gasteiger partial charge is 0.493 e. The average Bonchev–Trinajstić information content (AvgIpc) is 3.12. The highest BCUT2D eigenvalue weighted by Gasteiger charge is 2.34. The molecular formula is C22H21F2N3O3. The van der Waals surface area contributed by atoms with Crippen LogP contribution in [0.3, 0.4) is 0 Å². The van der Waals surface area contributed by atoms with Gasteiger partial charge in [0.15, 0.2) is 11.5 Å². The zero-order chi connectivity index (χ0) is 21.4. The zero-order valence-electron chi connectivity index (χ0n) is 16.8. The molecule has 8 heteroatoms. The van der Waals surface area contributed by atoms with Crippen molar-refractivity contribution in [2.45, 2.75) is 32.3 Å². The third-order valence-electron chi connectivity index (χ3n) is 4.90. The van der Waals surface area contributed by atoms with Crippen molar-refractivity contribution in [1.29, 1.82) is 0 Å². The second kappa shape index (κ2) is 7.78. The van der Waals surface area contributed by atoms with Gasteiger partial charge in [0.25, 0.3) is 0 Å². The standard InChI is InChI=1S/C22H21F2N3O3/c1-12(2)30-21-14(5-4-6-18(21)29-3)15-10-19(28)26-22-20(15)25-11-27(22)17-9-13(23)7-8-16(17)24/h4-9,11-12,15H,10H2,1-3H3,(H,26,28)/t15-/m0/s1. The Morgan fingerprint density at radius 3 is 2.77 bits per heavy atom. The summed E-state index contributed by atoms with van der Waals surface area (Å²) in [5, 5.41) is 2.74. The number of nitrogens with one attached hydrogen (secondary N) is 1. The van der Waals surface area contributed by atoms with E-state index in [-0.39, 0.29) is 24.1 Å². The van der Waals surface area contributed by atoms with Crippen molar-refractivity contribution in [1.82, 2.24) is 9.55 Å². The summed E-state index contributed by atoms with van der Waals surface area (Å²) >= 11 is 0. The van der Waals surface area contributed by atoms with Gasteiger partial charge < -0.3 is 14.8 Å². The fraction of sp³-hybridized carbons (Fsp3) is 0.273. The number of hydrogen-bond acceptors (Lipinski definition) is 4. The number of halogens is 2. The number of imidazole rings is 1. The molecular weight excluding hydrogens is 392 g/mol. The highest BCUT2D eigenvalue weighted by molar-refractivity contribution is 5.94. The van der Waals surface area contributed by atoms with E-state index in [0.29, 0.717) is 23.0 Å². The Labute approximate surface area is 172 Å². The van der Waals surface area contributed by atoms with Crippen molar-refractivity contribution in [2.24, 2.45) is 0 Å². The number of carbonyl (C=O) groups excluding carboxylic acids is 1. The maximum absolute atomic E-state index is 14.4. The van der Waals surface area contributed by atoms with Crippen molar-refractivity contribution in [3.8, 4) is 17.2 Å². The van der Waals surface area contributed by atoms with Crippen LogP contribution in [0.25, 0.3) is 5.69 Å². The molecule has 2 heterocycles. The summed E-state index contributed by atoms with van der Waals surface area (Å²) in [4.78, 5) is 17.0. The number of aromatic nitrogens is 2. The number of ether oxygens (including phenoxy) is 2. The van der Waals surface area contributed by atoms with Gasteiger partial charge in [0.2, 0.25) is 5.91 Å². The van der Waals surface area contributed by atoms with E-state index in [0.717, 1.165) is 23.8 Å². The number of hydrogen-bond donors (Lipinski definition) is 1. The molecule has 1 atom stereocenters. The lowest BCUT2D eigenvalue weighted by atomic mass is 9.89. The van der Waals surface area contributed by atoms with Crippen LogP contribution in [0.5, 0.6) is 11.5 Å². The highest BCUT2D eigenvalue weighted by atomic mass is 19.1. The predicted molar refractivity (Wildman–Crippen MR) is 107 cm³/mol. The van der Waals surface area contributed by atoms with E-state index in [1.165, 1.54) is 10.9 Å². The Hall–Kier alpha value is -3.42. The molecule has 1 aliphatic heterocycles. The first-order valence-corrected chi connectivity index (χ1v) is 9.55. The molecule has 156 valence electrons. The van der Waals surface area contributed by atoms with Crippen molar-refractivity contribution in [3.63, 3.8) is 0 Å². The number of nitrogens with zero attached hydrogens (tertiary/aromatic N) is 2. The molecule has 0 aliphatic carbocycles. The van der Waals surface area contributed by atoms with Gasteiger partial charge >= 0.3 is 0 Å². The van der Waals surface area contributed by atoms with E-state index in [4.69, 9.17) is 9.47 Å². The molecule has 1 aromatic heterocycles. The molecule has 1 N–H and O–H groups in total. The molecule has 1 aliphatic rings. The number of amides is 1. The normalized spacial score (nSPS) is 15.7. The lowest BCUT2D eigenvalue weighted by molar-refractivity contribution is -0.116. The molecule has 0 unspecified atom stereocenters. The number of fused-ring (bicyclic) bond motifs is 1. The van der Waals surface area contributed by atoms with E-state index in [1.54, 1.807) is 13.2 Å². The topological polar surface area (TPSA) is 65.4 Å². The molecule has 4 rings (SSSR count). The van der Waals surface area contributed by atoms with Crippen LogP contribution in [0.15, 0.2) is 42.7 Å². The highest BCUT2D eigenvalue weighted by Crippen LogP contribution is 2.44. The molecule has 0 saturated heterocycles. The predicted octanol–water partition coefficient (Wildman–Crippen LogP) is 4.42. The van der Waals surface area contributed by atoms with E-state index >= 15 is 0 Å². The average molecular weight is 413 g/mol. The monoisotopic (exact) mass is 413 g/mol. The number of methoxy groups -OCH3 is 1. The van der Waals surface area contributed by atoms with E-state index in [9.17, 15) is 13.6 Å². The van der Waals surface area contributed by atoms with Gasteiger partial charge in [-0.15, -0.1) is 0 Å². The fourth-order valence-corrected chi connectivity index (χ4v) is 3.65. The van der Waals surface area contributed by atoms with E-state index in [1.807, 2.05) is 26.0 Å². The lowest BCUT2D eigenvalue weighted by Crippen LogP contribution is -2.25. The molecule has 6 nitrogen and oxygen atoms in total. The summed E-state index contributed by atoms with van der Waals surface area (Å²) < 4.78 is 40.9. The summed E-state index contributed by atoms with van der Waals surface area (Å²) in [6, 6.07) is 8.59. The summed E-state index contributed by atoms with van der Waals surface area (Å²) in [6.07, 6.45) is 1.40. The molecule has 0 saturated carbocycles. The van der Waals surface area contributed by atoms with Crippen LogP contribution in [-0.4, -0.2) is 28.7 Å². The van der Waals surface area contributed by atoms with Crippen molar-refractivity contribution in [2.75, 3.05) is 12.4 Å². The fourth-order valence-electron chi connectivity index (χ4n) is 3.65. The Kier molecular flexibility index (Phi) is 5.15. The van der Waals surface area contributed by atoms with Crippen LogP contribution in [0.2, 0.25) is 0 Å². The second-order valence-electron chi connectivity index (χ2n) is 7.29. The van der Waals surface area contributed by atoms with E-state index < -0.39 is 17.6 Å².